The summed E-state index contributed by atoms with van der Waals surface area (Å²) in [7, 11) is 3.17. The fraction of sp³-hybridized carbons (Fsp3) is 0.235. The van der Waals surface area contributed by atoms with Crippen molar-refractivity contribution in [2.24, 2.45) is 0 Å². The third kappa shape index (κ3) is 3.07. The van der Waals surface area contributed by atoms with Crippen molar-refractivity contribution in [1.82, 2.24) is 5.16 Å². The molecule has 0 saturated heterocycles. The van der Waals surface area contributed by atoms with E-state index in [0.717, 1.165) is 17.1 Å². The lowest BCUT2D eigenvalue weighted by Crippen LogP contribution is -1.93. The number of benzene rings is 2. The standard InChI is InChI=1S/C17H18N2O4S/c1-4-10-5-6-12(21-2)15(7-10)24-19-17-16-13(22-3)8-11(20)9-14(16)23-18-17/h5-9,20H,4H2,1-3H3,(H,18,19). The van der Waals surface area contributed by atoms with Gasteiger partial charge in [0, 0.05) is 12.1 Å². The third-order valence-electron chi connectivity index (χ3n) is 3.64. The molecule has 0 atom stereocenters. The summed E-state index contributed by atoms with van der Waals surface area (Å²) in [5.41, 5.74) is 1.66. The maximum absolute atomic E-state index is 9.68. The minimum atomic E-state index is 0.0621. The number of phenolic OH excluding ortho intramolecular Hbond substituents is 1. The maximum atomic E-state index is 9.68. The zero-order valence-electron chi connectivity index (χ0n) is 13.6. The summed E-state index contributed by atoms with van der Waals surface area (Å²) in [5, 5.41) is 14.4. The molecule has 0 radical (unpaired) electrons. The van der Waals surface area contributed by atoms with Gasteiger partial charge in [0.25, 0.3) is 0 Å². The van der Waals surface area contributed by atoms with Gasteiger partial charge < -0.3 is 23.8 Å². The van der Waals surface area contributed by atoms with Gasteiger partial charge in [-0.05, 0) is 36.1 Å². The van der Waals surface area contributed by atoms with E-state index >= 15 is 0 Å². The highest BCUT2D eigenvalue weighted by molar-refractivity contribution is 8.00. The van der Waals surface area contributed by atoms with Crippen LogP contribution < -0.4 is 14.2 Å². The first-order valence-electron chi connectivity index (χ1n) is 7.42. The van der Waals surface area contributed by atoms with Crippen LogP contribution in [-0.4, -0.2) is 24.5 Å². The fourth-order valence-electron chi connectivity index (χ4n) is 2.38. The minimum Gasteiger partial charge on any atom is -0.508 e. The minimum absolute atomic E-state index is 0.0621. The van der Waals surface area contributed by atoms with Crippen LogP contribution in [0.1, 0.15) is 12.5 Å². The molecule has 24 heavy (non-hydrogen) atoms. The van der Waals surface area contributed by atoms with Crippen LogP contribution in [-0.2, 0) is 6.42 Å². The van der Waals surface area contributed by atoms with Crippen LogP contribution >= 0.6 is 11.9 Å². The number of anilines is 1. The van der Waals surface area contributed by atoms with Crippen molar-refractivity contribution in [3.05, 3.63) is 35.9 Å². The van der Waals surface area contributed by atoms with Crippen molar-refractivity contribution in [3.63, 3.8) is 0 Å². The van der Waals surface area contributed by atoms with Crippen LogP contribution in [0.2, 0.25) is 0 Å². The van der Waals surface area contributed by atoms with Crippen molar-refractivity contribution < 1.29 is 19.1 Å². The topological polar surface area (TPSA) is 76.8 Å². The number of aryl methyl sites for hydroxylation is 1. The molecule has 0 bridgehead atoms. The molecule has 7 heteroatoms. The summed E-state index contributed by atoms with van der Waals surface area (Å²) >= 11 is 1.38. The number of phenols is 1. The van der Waals surface area contributed by atoms with Crippen molar-refractivity contribution >= 4 is 28.7 Å². The summed E-state index contributed by atoms with van der Waals surface area (Å²) in [6.07, 6.45) is 0.942. The molecule has 0 saturated carbocycles. The molecule has 3 aromatic rings. The monoisotopic (exact) mass is 346 g/mol. The van der Waals surface area contributed by atoms with Crippen molar-refractivity contribution in [1.29, 1.82) is 0 Å². The summed E-state index contributed by atoms with van der Waals surface area (Å²) in [6.45, 7) is 2.10. The zero-order chi connectivity index (χ0) is 17.1. The molecule has 2 aromatic carbocycles. The molecule has 6 nitrogen and oxygen atoms in total. The van der Waals surface area contributed by atoms with Crippen LogP contribution in [0.15, 0.2) is 39.8 Å². The van der Waals surface area contributed by atoms with Gasteiger partial charge in [-0.3, -0.25) is 0 Å². The van der Waals surface area contributed by atoms with Gasteiger partial charge in [-0.15, -0.1) is 0 Å². The molecular weight excluding hydrogens is 328 g/mol. The van der Waals surface area contributed by atoms with E-state index in [1.165, 1.54) is 36.8 Å². The number of rotatable bonds is 6. The van der Waals surface area contributed by atoms with Crippen molar-refractivity contribution in [2.75, 3.05) is 18.9 Å². The average molecular weight is 346 g/mol. The van der Waals surface area contributed by atoms with Crippen LogP contribution in [0, 0.1) is 0 Å². The molecule has 0 aliphatic heterocycles. The van der Waals surface area contributed by atoms with Gasteiger partial charge >= 0.3 is 0 Å². The molecule has 0 spiro atoms. The fourth-order valence-corrected chi connectivity index (χ4v) is 3.18. The Balaban J connectivity index is 1.91. The van der Waals surface area contributed by atoms with Gasteiger partial charge in [0.05, 0.1) is 19.1 Å². The van der Waals surface area contributed by atoms with Gasteiger partial charge in [-0.1, -0.05) is 18.1 Å². The summed E-state index contributed by atoms with van der Waals surface area (Å²) < 4.78 is 19.1. The number of aromatic hydroxyl groups is 1. The van der Waals surface area contributed by atoms with E-state index in [1.54, 1.807) is 7.11 Å². The van der Waals surface area contributed by atoms with Crippen molar-refractivity contribution in [3.8, 4) is 17.2 Å². The predicted molar refractivity (Wildman–Crippen MR) is 94.1 cm³/mol. The van der Waals surface area contributed by atoms with E-state index < -0.39 is 0 Å². The summed E-state index contributed by atoms with van der Waals surface area (Å²) in [4.78, 5) is 0.950. The molecular formula is C17H18N2O4S. The highest BCUT2D eigenvalue weighted by Gasteiger charge is 2.16. The second-order valence-corrected chi connectivity index (χ2v) is 5.94. The maximum Gasteiger partial charge on any atom is 0.191 e. The Morgan fingerprint density at radius 2 is 1.96 bits per heavy atom. The molecule has 0 fully saturated rings. The number of hydrogen-bond acceptors (Lipinski definition) is 7. The summed E-state index contributed by atoms with van der Waals surface area (Å²) in [5.74, 6) is 1.86. The van der Waals surface area contributed by atoms with Crippen molar-refractivity contribution in [2.45, 2.75) is 18.2 Å². The van der Waals surface area contributed by atoms with Gasteiger partial charge in [0.2, 0.25) is 0 Å². The third-order valence-corrected chi connectivity index (χ3v) is 4.47. The quantitative estimate of drug-likeness (QED) is 0.647. The second kappa shape index (κ2) is 6.92. The first-order chi connectivity index (χ1) is 11.7. The van der Waals surface area contributed by atoms with Gasteiger partial charge in [0.1, 0.15) is 22.6 Å². The summed E-state index contributed by atoms with van der Waals surface area (Å²) in [6, 6.07) is 9.08. The molecule has 1 aromatic heterocycles. The number of fused-ring (bicyclic) bond motifs is 1. The Morgan fingerprint density at radius 1 is 1.17 bits per heavy atom. The first kappa shape index (κ1) is 16.3. The first-order valence-corrected chi connectivity index (χ1v) is 8.24. The number of aromatic nitrogens is 1. The van der Waals surface area contributed by atoms with Crippen LogP contribution in [0.25, 0.3) is 11.0 Å². The molecule has 0 aliphatic carbocycles. The van der Waals surface area contributed by atoms with E-state index in [-0.39, 0.29) is 5.75 Å². The largest absolute Gasteiger partial charge is 0.508 e. The van der Waals surface area contributed by atoms with Gasteiger partial charge in [0.15, 0.2) is 11.4 Å². The van der Waals surface area contributed by atoms with E-state index in [4.69, 9.17) is 14.0 Å². The smallest absolute Gasteiger partial charge is 0.191 e. The lowest BCUT2D eigenvalue weighted by atomic mass is 10.2. The van der Waals surface area contributed by atoms with Crippen LogP contribution in [0.4, 0.5) is 5.82 Å². The van der Waals surface area contributed by atoms with E-state index in [0.29, 0.717) is 22.5 Å². The lowest BCUT2D eigenvalue weighted by molar-refractivity contribution is 0.404. The average Bonchev–Trinajstić information content (AvgIpc) is 3.01. The van der Waals surface area contributed by atoms with E-state index in [1.807, 2.05) is 12.1 Å². The lowest BCUT2D eigenvalue weighted by Gasteiger charge is -2.10. The SMILES string of the molecule is CCc1ccc(OC)c(SNc2noc3cc(O)cc(OC)c23)c1. The Morgan fingerprint density at radius 3 is 2.67 bits per heavy atom. The molecule has 2 N–H and O–H groups in total. The Bertz CT molecular complexity index is 863. The second-order valence-electron chi connectivity index (χ2n) is 5.10. The molecule has 0 aliphatic rings. The Hall–Kier alpha value is -2.54. The van der Waals surface area contributed by atoms with Gasteiger partial charge in [-0.2, -0.15) is 0 Å². The van der Waals surface area contributed by atoms with Gasteiger partial charge in [-0.25, -0.2) is 0 Å². The number of ether oxygens (including phenoxy) is 2. The highest BCUT2D eigenvalue weighted by Crippen LogP contribution is 2.38. The number of nitrogens with zero attached hydrogens (tertiary/aromatic N) is 1. The zero-order valence-corrected chi connectivity index (χ0v) is 14.4. The molecule has 3 rings (SSSR count). The number of hydrogen-bond donors (Lipinski definition) is 2. The number of methoxy groups -OCH3 is 2. The van der Waals surface area contributed by atoms with Crippen LogP contribution in [0.5, 0.6) is 17.2 Å². The Labute approximate surface area is 143 Å². The van der Waals surface area contributed by atoms with E-state index in [2.05, 4.69) is 22.9 Å². The molecule has 0 unspecified atom stereocenters. The Kier molecular flexibility index (Phi) is 4.71. The van der Waals surface area contributed by atoms with E-state index in [9.17, 15) is 5.11 Å². The molecule has 126 valence electrons. The number of nitrogens with one attached hydrogen (secondary N) is 1. The van der Waals surface area contributed by atoms with Crippen LogP contribution in [0.3, 0.4) is 0 Å². The highest BCUT2D eigenvalue weighted by atomic mass is 32.2. The normalized spacial score (nSPS) is 10.8. The molecule has 0 amide bonds. The molecule has 1 heterocycles. The predicted octanol–water partition coefficient (Wildman–Crippen LogP) is 4.23.